The second-order valence-corrected chi connectivity index (χ2v) is 38.2. The lowest BCUT2D eigenvalue weighted by Gasteiger charge is -2.44. The molecule has 12 N–H and O–H groups in total. The van der Waals surface area contributed by atoms with Crippen LogP contribution in [0.3, 0.4) is 0 Å². The standard InChI is InChI=1S/C28H30FN5O3Si.C28H28FN5O2Si.C12H12FN5O3.C12H10FN5O2/c1-5-28(21(35)16-22(37-28)34-18-31-23-24(30)32-26(29)33-25(23)34)17-36-38(27(2,3)4,19-12-8-6-9-13-19)20-14-10-7-11-15-20;1-5-28(17-16-22(36-28)34-19-31-23-24(30)32-26(29)33-25(23)34)18-35-37(27(2,3)4,20-12-8-6-9-13-20)21-14-10-7-11-15-21;1-2-12(4-19)6(20)3-7(21-12)18-5-15-8-9(14)16-11(13)17-10(8)18;1-2-12(5-19)4-3-7(20-12)18-6-15-8-9(14)16-11(13)17-10(8)18/h1,6-15,18,21-22,35H,16-17H2,2-4H3,(H2,30,32,33);1,6-17,19,22H,18H2,2-4H3,(H2,30,32,33);1,5-7,19-20H,3-4H2,(H2,14,16,17);1,3-4,6-7,19H,5H2,(H2,14,16,17)/t21-,22-,28-;22-,28+;6-,7-,12-;7-,12+/m1111/s1. The number of nitrogens with zero attached hydrogens (tertiary/aromatic N) is 16. The van der Waals surface area contributed by atoms with Crippen LogP contribution in [0.2, 0.25) is 10.1 Å². The Morgan fingerprint density at radius 2 is 0.733 bits per heavy atom. The number of aliphatic hydroxyl groups excluding tert-OH is 4. The molecule has 10 atom stereocenters. The highest BCUT2D eigenvalue weighted by atomic mass is 28.4. The summed E-state index contributed by atoms with van der Waals surface area (Å²) in [4.78, 5) is 45.3. The van der Waals surface area contributed by atoms with E-state index >= 15 is 0 Å². The van der Waals surface area contributed by atoms with E-state index in [0.717, 1.165) is 20.7 Å². The van der Waals surface area contributed by atoms with Crippen molar-refractivity contribution in [1.29, 1.82) is 0 Å². The van der Waals surface area contributed by atoms with Crippen LogP contribution in [0.4, 0.5) is 40.8 Å². The number of fused-ring (bicyclic) bond motifs is 4. The number of nitrogen functional groups attached to an aromatic ring is 4. The minimum atomic E-state index is -2.95. The van der Waals surface area contributed by atoms with E-state index in [2.05, 4.69) is 174 Å². The molecular weight excluding hydrogens is 1530 g/mol. The highest BCUT2D eigenvalue weighted by molar-refractivity contribution is 7.00. The fraction of sp³-hybridized carbons (Fsp3) is 0.300. The van der Waals surface area contributed by atoms with Gasteiger partial charge in [-0.15, -0.1) is 25.7 Å². The van der Waals surface area contributed by atoms with Gasteiger partial charge in [0, 0.05) is 12.8 Å². The molecule has 4 aliphatic rings. The van der Waals surface area contributed by atoms with Gasteiger partial charge in [0.25, 0.3) is 16.6 Å². The van der Waals surface area contributed by atoms with Gasteiger partial charge < -0.3 is 71.2 Å². The van der Waals surface area contributed by atoms with Crippen molar-refractivity contribution in [3.8, 4) is 49.4 Å². The molecule has 116 heavy (non-hydrogen) atoms. The first-order valence-corrected chi connectivity index (χ1v) is 39.9. The van der Waals surface area contributed by atoms with Crippen molar-refractivity contribution in [2.24, 2.45) is 0 Å². The van der Waals surface area contributed by atoms with Gasteiger partial charge in [-0.1, -0.05) is 187 Å². The Bertz CT molecular complexity index is 5780. The fourth-order valence-electron chi connectivity index (χ4n) is 14.6. The Morgan fingerprint density at radius 3 is 1.03 bits per heavy atom. The van der Waals surface area contributed by atoms with Crippen LogP contribution in [0.25, 0.3) is 44.7 Å². The maximum atomic E-state index is 13.9. The summed E-state index contributed by atoms with van der Waals surface area (Å²) in [5.41, 5.74) is 19.2. The maximum Gasteiger partial charge on any atom is 0.312 e. The van der Waals surface area contributed by atoms with Gasteiger partial charge in [0.05, 0.1) is 51.7 Å². The molecule has 8 aromatic heterocycles. The molecule has 12 heterocycles. The van der Waals surface area contributed by atoms with Crippen molar-refractivity contribution in [2.75, 3.05) is 49.4 Å². The van der Waals surface area contributed by atoms with Gasteiger partial charge in [-0.05, 0) is 55.1 Å². The van der Waals surface area contributed by atoms with E-state index in [9.17, 15) is 38.0 Å². The Balaban J connectivity index is 0.000000140. The molecular formula is C80H80F4N20O10Si2. The number of hydrogen-bond acceptors (Lipinski definition) is 26. The van der Waals surface area contributed by atoms with Gasteiger partial charge in [0.2, 0.25) is 0 Å². The van der Waals surface area contributed by atoms with Gasteiger partial charge in [-0.25, -0.2) is 19.9 Å². The Morgan fingerprint density at radius 1 is 0.431 bits per heavy atom. The third kappa shape index (κ3) is 15.1. The monoisotopic (exact) mass is 1610 g/mol. The number of rotatable bonds is 16. The first-order valence-electron chi connectivity index (χ1n) is 36.1. The molecule has 4 aliphatic heterocycles. The van der Waals surface area contributed by atoms with Gasteiger partial charge in [0.15, 0.2) is 103 Å². The molecule has 0 saturated carbocycles. The minimum Gasteiger partial charge on any atom is -0.403 e. The van der Waals surface area contributed by atoms with Crippen LogP contribution >= 0.6 is 0 Å². The largest absolute Gasteiger partial charge is 0.403 e. The van der Waals surface area contributed by atoms with Crippen LogP contribution in [0.15, 0.2) is 171 Å². The predicted molar refractivity (Wildman–Crippen MR) is 426 cm³/mol. The molecule has 12 aromatic rings. The molecule has 2 saturated heterocycles. The summed E-state index contributed by atoms with van der Waals surface area (Å²) in [5.74, 6) is 9.81. The van der Waals surface area contributed by atoms with E-state index in [1.54, 1.807) is 22.8 Å². The first kappa shape index (κ1) is 81.8. The summed E-state index contributed by atoms with van der Waals surface area (Å²) in [5, 5.41) is 43.8. The van der Waals surface area contributed by atoms with Gasteiger partial charge in [-0.2, -0.15) is 57.4 Å². The molecule has 0 amide bonds. The van der Waals surface area contributed by atoms with E-state index in [1.807, 2.05) is 78.9 Å². The van der Waals surface area contributed by atoms with Crippen molar-refractivity contribution in [3.05, 3.63) is 195 Å². The van der Waals surface area contributed by atoms with E-state index in [4.69, 9.17) is 76.4 Å². The highest BCUT2D eigenvalue weighted by Crippen LogP contribution is 2.45. The lowest BCUT2D eigenvalue weighted by atomic mass is 9.99. The molecule has 16 rings (SSSR count). The quantitative estimate of drug-likeness (QED) is 0.0193. The number of halogens is 4. The molecule has 30 nitrogen and oxygen atoms in total. The fourth-order valence-corrected chi connectivity index (χ4v) is 23.8. The number of ether oxygens (including phenoxy) is 4. The summed E-state index contributed by atoms with van der Waals surface area (Å²) in [6.45, 7) is 12.2. The van der Waals surface area contributed by atoms with Crippen LogP contribution in [0, 0.1) is 73.7 Å². The van der Waals surface area contributed by atoms with Crippen LogP contribution < -0.4 is 43.7 Å². The average Bonchev–Trinajstić information content (AvgIpc) is 0.819. The summed E-state index contributed by atoms with van der Waals surface area (Å²) in [6.07, 6.45) is 26.6. The molecule has 0 aliphatic carbocycles. The molecule has 2 fully saturated rings. The summed E-state index contributed by atoms with van der Waals surface area (Å²) in [7, 11) is -5.79. The van der Waals surface area contributed by atoms with E-state index in [-0.39, 0.29) is 105 Å². The lowest BCUT2D eigenvalue weighted by Crippen LogP contribution is -2.68. The normalized spacial score (nSPS) is 23.1. The summed E-state index contributed by atoms with van der Waals surface area (Å²) >= 11 is 0. The van der Waals surface area contributed by atoms with E-state index in [1.165, 1.54) is 39.0 Å². The maximum absolute atomic E-state index is 13.9. The number of imidazole rings is 4. The number of terminal acetylenes is 4. The molecule has 0 radical (unpaired) electrons. The number of nitrogens with two attached hydrogens (primary N) is 4. The summed E-state index contributed by atoms with van der Waals surface area (Å²) < 4.78 is 98.2. The van der Waals surface area contributed by atoms with E-state index in [0.29, 0.717) is 5.52 Å². The SMILES string of the molecule is C#C[C@@]1(CO)C=C[C@H](n2cnc3c(N)nc(F)nc32)O1.C#C[C@@]1(CO[Si](c2ccccc2)(c2ccccc2)C(C)(C)C)C=C[C@H](n2cnc3c(N)nc(F)nc32)O1.C#C[C@]1(CO)O[C@@H](n2cnc3c(N)nc(F)nc32)C[C@H]1O.C#C[C@]1(CO[Si](c2ccccc2)(c2ccccc2)C(C)(C)C)O[C@@H](n2cnc3c(N)nc(F)nc32)C[C@H]1O. The smallest absolute Gasteiger partial charge is 0.312 e. The zero-order valence-electron chi connectivity index (χ0n) is 63.4. The topological polar surface area (TPSA) is 415 Å². The first-order chi connectivity index (χ1) is 55.4. The van der Waals surface area contributed by atoms with Crippen LogP contribution in [-0.4, -0.2) is 176 Å². The van der Waals surface area contributed by atoms with Gasteiger partial charge in [-0.3, -0.25) is 18.3 Å². The predicted octanol–water partition coefficient (Wildman–Crippen LogP) is 5.55. The van der Waals surface area contributed by atoms with Crippen LogP contribution in [0.5, 0.6) is 0 Å². The second kappa shape index (κ2) is 32.2. The number of aromatic nitrogens is 16. The minimum absolute atomic E-state index is 0.0403. The highest BCUT2D eigenvalue weighted by Gasteiger charge is 2.56. The Labute approximate surface area is 664 Å². The van der Waals surface area contributed by atoms with Crippen molar-refractivity contribution >= 4 is 105 Å². The molecule has 0 unspecified atom stereocenters. The average molecular weight is 1610 g/mol. The molecule has 0 spiro atoms. The zero-order chi connectivity index (χ0) is 82.9. The van der Waals surface area contributed by atoms with Gasteiger partial charge >= 0.3 is 24.3 Å². The molecule has 596 valence electrons. The lowest BCUT2D eigenvalue weighted by molar-refractivity contribution is -0.0891. The third-order valence-corrected chi connectivity index (χ3v) is 30.4. The van der Waals surface area contributed by atoms with Crippen molar-refractivity contribution in [2.45, 2.75) is 124 Å². The number of benzene rings is 4. The van der Waals surface area contributed by atoms with E-state index < -0.39 is 107 Å². The van der Waals surface area contributed by atoms with Crippen molar-refractivity contribution in [1.82, 2.24) is 78.1 Å². The Kier molecular flexibility index (Phi) is 22.7. The van der Waals surface area contributed by atoms with Gasteiger partial charge in [0.1, 0.15) is 24.7 Å². The summed E-state index contributed by atoms with van der Waals surface area (Å²) in [6, 6.07) is 40.9. The van der Waals surface area contributed by atoms with Crippen LogP contribution in [-0.2, 0) is 27.8 Å². The Hall–Kier alpha value is -12.2. The molecule has 0 bridgehead atoms. The third-order valence-electron chi connectivity index (χ3n) is 20.5. The molecule has 36 heteroatoms. The number of hydrogen-bond donors (Lipinski definition) is 8. The van der Waals surface area contributed by atoms with Crippen LogP contribution in [0.1, 0.15) is 79.3 Å². The number of aliphatic hydroxyl groups is 4. The van der Waals surface area contributed by atoms with Crippen molar-refractivity contribution in [3.63, 3.8) is 0 Å². The second-order valence-electron chi connectivity index (χ2n) is 29.5. The van der Waals surface area contributed by atoms with Crippen molar-refractivity contribution < 1.29 is 65.8 Å². The zero-order valence-corrected chi connectivity index (χ0v) is 65.4. The molecule has 4 aromatic carbocycles. The number of anilines is 4.